The number of rotatable bonds is 2. The van der Waals surface area contributed by atoms with E-state index in [1.165, 1.54) is 38.5 Å². The molecule has 8 atom stereocenters. The van der Waals surface area contributed by atoms with Crippen molar-refractivity contribution >= 4 is 5.97 Å². The molecule has 4 aliphatic rings. The Morgan fingerprint density at radius 1 is 0.931 bits per heavy atom. The second-order valence-electron chi connectivity index (χ2n) is 11.0. The first kappa shape index (κ1) is 19.6. The predicted octanol–water partition coefficient (Wildman–Crippen LogP) is 5.62. The number of esters is 1. The largest absolute Gasteiger partial charge is 0.458 e. The fourth-order valence-electron chi connectivity index (χ4n) is 8.15. The van der Waals surface area contributed by atoms with Gasteiger partial charge in [-0.1, -0.05) is 32.0 Å². The molecule has 3 heteroatoms. The second-order valence-corrected chi connectivity index (χ2v) is 11.0. The number of fused-ring (bicyclic) bond motifs is 5. The summed E-state index contributed by atoms with van der Waals surface area (Å²) in [6.07, 6.45) is 10.4. The number of hydrogen-bond donors (Lipinski definition) is 1. The lowest BCUT2D eigenvalue weighted by Crippen LogP contribution is -2.54. The van der Waals surface area contributed by atoms with Crippen LogP contribution >= 0.6 is 0 Å². The monoisotopic (exact) mass is 396 g/mol. The summed E-state index contributed by atoms with van der Waals surface area (Å²) in [5.74, 6) is 2.78. The topological polar surface area (TPSA) is 46.5 Å². The van der Waals surface area contributed by atoms with Crippen LogP contribution in [0.4, 0.5) is 0 Å². The lowest BCUT2D eigenvalue weighted by Gasteiger charge is -2.60. The van der Waals surface area contributed by atoms with Crippen LogP contribution < -0.4 is 0 Å². The van der Waals surface area contributed by atoms with Crippen LogP contribution in [-0.2, 0) is 4.74 Å². The van der Waals surface area contributed by atoms with E-state index in [9.17, 15) is 9.90 Å². The van der Waals surface area contributed by atoms with E-state index in [-0.39, 0.29) is 23.6 Å². The summed E-state index contributed by atoms with van der Waals surface area (Å²) in [7, 11) is 0. The Balaban J connectivity index is 1.34. The molecule has 0 aromatic heterocycles. The molecule has 0 spiro atoms. The van der Waals surface area contributed by atoms with Crippen LogP contribution in [0.5, 0.6) is 0 Å². The molecule has 0 aliphatic heterocycles. The summed E-state index contributed by atoms with van der Waals surface area (Å²) in [5.41, 5.74) is 1.20. The average Bonchev–Trinajstić information content (AvgIpc) is 3.05. The first-order chi connectivity index (χ1) is 13.9. The third-order valence-corrected chi connectivity index (χ3v) is 9.81. The van der Waals surface area contributed by atoms with E-state index in [1.807, 2.05) is 30.3 Å². The number of benzene rings is 1. The predicted molar refractivity (Wildman–Crippen MR) is 113 cm³/mol. The van der Waals surface area contributed by atoms with Gasteiger partial charge >= 0.3 is 5.97 Å². The Morgan fingerprint density at radius 3 is 2.45 bits per heavy atom. The second kappa shape index (κ2) is 7.11. The van der Waals surface area contributed by atoms with Gasteiger partial charge in [0.25, 0.3) is 0 Å². The molecular formula is C26H36O3. The van der Waals surface area contributed by atoms with Gasteiger partial charge in [-0.15, -0.1) is 0 Å². The molecule has 1 aromatic rings. The Bertz CT molecular complexity index is 760. The van der Waals surface area contributed by atoms with E-state index in [2.05, 4.69) is 13.8 Å². The number of carbonyl (C=O) groups excluding carboxylic acids is 1. The fourth-order valence-corrected chi connectivity index (χ4v) is 8.15. The van der Waals surface area contributed by atoms with Gasteiger partial charge in [0.15, 0.2) is 0 Å². The summed E-state index contributed by atoms with van der Waals surface area (Å²) in [6.45, 7) is 4.94. The lowest BCUT2D eigenvalue weighted by molar-refractivity contribution is -0.134. The van der Waals surface area contributed by atoms with Crippen molar-refractivity contribution in [1.29, 1.82) is 0 Å². The van der Waals surface area contributed by atoms with Crippen molar-refractivity contribution < 1.29 is 14.6 Å². The Kier molecular flexibility index (Phi) is 4.81. The molecule has 29 heavy (non-hydrogen) atoms. The van der Waals surface area contributed by atoms with Gasteiger partial charge in [0.05, 0.1) is 11.7 Å². The van der Waals surface area contributed by atoms with E-state index >= 15 is 0 Å². The zero-order valence-electron chi connectivity index (χ0n) is 18.0. The van der Waals surface area contributed by atoms with Crippen LogP contribution in [0.25, 0.3) is 0 Å². The highest BCUT2D eigenvalue weighted by Gasteiger charge is 2.61. The molecule has 158 valence electrons. The Morgan fingerprint density at radius 2 is 1.66 bits per heavy atom. The number of aliphatic hydroxyl groups is 1. The summed E-state index contributed by atoms with van der Waals surface area (Å²) in [4.78, 5) is 12.7. The molecule has 4 fully saturated rings. The molecule has 3 nitrogen and oxygen atoms in total. The average molecular weight is 397 g/mol. The SMILES string of the molecule is C[C@]12CC[C@@H](O)C[C@@H]1CC[C@H]1[C@H]2CC[C@]2(C)[C@@H](OC(=O)c3ccccc3)CC[C@H]12. The summed E-state index contributed by atoms with van der Waals surface area (Å²) < 4.78 is 6.12. The first-order valence-electron chi connectivity index (χ1n) is 11.9. The van der Waals surface area contributed by atoms with Crippen LogP contribution in [0, 0.1) is 34.5 Å². The molecule has 0 radical (unpaired) electrons. The molecule has 0 bridgehead atoms. The molecule has 4 saturated carbocycles. The Labute approximate surface area is 175 Å². The van der Waals surface area contributed by atoms with Crippen molar-refractivity contribution in [2.75, 3.05) is 0 Å². The number of aliphatic hydroxyl groups excluding tert-OH is 1. The molecule has 1 aromatic carbocycles. The highest BCUT2D eigenvalue weighted by atomic mass is 16.5. The Hall–Kier alpha value is -1.35. The standard InChI is InChI=1S/C26H36O3/c1-25-14-12-19(27)16-18(25)8-9-20-21-10-11-23(26(21,2)15-13-22(20)25)29-24(28)17-6-4-3-5-7-17/h3-7,18-23,27H,8-16H2,1-2H3/t18-,19+,20+,21+,22+,23-,25-,26-/m0/s1. The van der Waals surface area contributed by atoms with Gasteiger partial charge < -0.3 is 9.84 Å². The van der Waals surface area contributed by atoms with Crippen molar-refractivity contribution in [2.45, 2.75) is 83.8 Å². The highest BCUT2D eigenvalue weighted by molar-refractivity contribution is 5.89. The molecule has 1 N–H and O–H groups in total. The normalized spacial score (nSPS) is 46.3. The third kappa shape index (κ3) is 3.07. The maximum atomic E-state index is 12.7. The zero-order valence-corrected chi connectivity index (χ0v) is 18.0. The fraction of sp³-hybridized carbons (Fsp3) is 0.731. The maximum Gasteiger partial charge on any atom is 0.338 e. The van der Waals surface area contributed by atoms with E-state index in [1.54, 1.807) is 0 Å². The number of carbonyl (C=O) groups is 1. The lowest BCUT2D eigenvalue weighted by atomic mass is 9.45. The summed E-state index contributed by atoms with van der Waals surface area (Å²) >= 11 is 0. The molecule has 0 saturated heterocycles. The van der Waals surface area contributed by atoms with Gasteiger partial charge in [-0.3, -0.25) is 0 Å². The number of ether oxygens (including phenoxy) is 1. The van der Waals surface area contributed by atoms with Gasteiger partial charge in [-0.25, -0.2) is 4.79 Å². The minimum atomic E-state index is -0.156. The van der Waals surface area contributed by atoms with Crippen LogP contribution in [0.2, 0.25) is 0 Å². The first-order valence-corrected chi connectivity index (χ1v) is 11.9. The highest BCUT2D eigenvalue weighted by Crippen LogP contribution is 2.66. The molecule has 4 aliphatic carbocycles. The summed E-state index contributed by atoms with van der Waals surface area (Å²) in [6, 6.07) is 9.45. The number of hydrogen-bond acceptors (Lipinski definition) is 3. The van der Waals surface area contributed by atoms with Crippen LogP contribution in [0.15, 0.2) is 30.3 Å². The van der Waals surface area contributed by atoms with Crippen molar-refractivity contribution in [3.05, 3.63) is 35.9 Å². The third-order valence-electron chi connectivity index (χ3n) is 9.81. The zero-order chi connectivity index (χ0) is 20.2. The van der Waals surface area contributed by atoms with Crippen LogP contribution in [0.3, 0.4) is 0 Å². The smallest absolute Gasteiger partial charge is 0.338 e. The molecule has 0 amide bonds. The maximum absolute atomic E-state index is 12.7. The van der Waals surface area contributed by atoms with Crippen molar-refractivity contribution in [2.24, 2.45) is 34.5 Å². The molecule has 0 unspecified atom stereocenters. The van der Waals surface area contributed by atoms with Gasteiger partial charge in [0, 0.05) is 5.41 Å². The van der Waals surface area contributed by atoms with Gasteiger partial charge in [0.2, 0.25) is 0 Å². The van der Waals surface area contributed by atoms with E-state index in [4.69, 9.17) is 4.74 Å². The van der Waals surface area contributed by atoms with Crippen molar-refractivity contribution in [3.8, 4) is 0 Å². The van der Waals surface area contributed by atoms with Crippen LogP contribution in [-0.4, -0.2) is 23.3 Å². The van der Waals surface area contributed by atoms with E-state index < -0.39 is 0 Å². The molecular weight excluding hydrogens is 360 g/mol. The molecule has 0 heterocycles. The minimum absolute atomic E-state index is 0.0554. The molecule has 5 rings (SSSR count). The van der Waals surface area contributed by atoms with E-state index in [0.29, 0.717) is 22.8 Å². The van der Waals surface area contributed by atoms with Crippen LogP contribution in [0.1, 0.15) is 82.0 Å². The van der Waals surface area contributed by atoms with Gasteiger partial charge in [-0.2, -0.15) is 0 Å². The van der Waals surface area contributed by atoms with Crippen molar-refractivity contribution in [1.82, 2.24) is 0 Å². The van der Waals surface area contributed by atoms with Gasteiger partial charge in [0.1, 0.15) is 6.10 Å². The quantitative estimate of drug-likeness (QED) is 0.660. The van der Waals surface area contributed by atoms with Gasteiger partial charge in [-0.05, 0) is 99.0 Å². The van der Waals surface area contributed by atoms with Crippen molar-refractivity contribution in [3.63, 3.8) is 0 Å². The summed E-state index contributed by atoms with van der Waals surface area (Å²) in [5, 5.41) is 10.2. The van der Waals surface area contributed by atoms with E-state index in [0.717, 1.165) is 31.1 Å². The minimum Gasteiger partial charge on any atom is -0.458 e.